The van der Waals surface area contributed by atoms with Crippen molar-refractivity contribution in [2.45, 2.75) is 42.4 Å². The molecule has 0 saturated carbocycles. The van der Waals surface area contributed by atoms with Crippen LogP contribution in [-0.2, 0) is 4.74 Å². The third-order valence-electron chi connectivity index (χ3n) is 5.28. The molecule has 4 rings (SSSR count). The number of nitrogens with zero attached hydrogens (tertiary/aromatic N) is 1. The molecule has 0 aromatic rings. The van der Waals surface area contributed by atoms with Gasteiger partial charge < -0.3 is 15.0 Å². The zero-order chi connectivity index (χ0) is 16.5. The summed E-state index contributed by atoms with van der Waals surface area (Å²) in [6.07, 6.45) is 12.5. The van der Waals surface area contributed by atoms with E-state index >= 15 is 0 Å². The Labute approximate surface area is 151 Å². The van der Waals surface area contributed by atoms with Gasteiger partial charge in [0.15, 0.2) is 0 Å². The smallest absolute Gasteiger partial charge is 0.141 e. The first-order chi connectivity index (χ1) is 11.7. The van der Waals surface area contributed by atoms with E-state index in [4.69, 9.17) is 4.74 Å². The van der Waals surface area contributed by atoms with E-state index in [0.29, 0.717) is 17.4 Å². The van der Waals surface area contributed by atoms with Crippen LogP contribution in [0.2, 0.25) is 0 Å². The molecule has 3 nitrogen and oxygen atoms in total. The van der Waals surface area contributed by atoms with Gasteiger partial charge in [-0.25, -0.2) is 4.39 Å². The number of allylic oxidation sites excluding steroid dienone is 3. The highest BCUT2D eigenvalue weighted by atomic mass is 79.9. The lowest BCUT2D eigenvalue weighted by molar-refractivity contribution is 0.0326. The average molecular weight is 395 g/mol. The standard InChI is InChI=1S/C19H24BrFN2O/c20-13-6-7-18-16(8-13)17-9-22-10-19(17)23(18)11-14(21)12-24-15-4-2-1-3-5-15/h1-4,8,13-15,18,22H,5-7,9-12H2/t13-,14?,15+,18?/m0/s1. The SMILES string of the molecule is FC(CO[C@@H]1C=CC=CC1)CN1C2=C(CNC2)C2=C[C@@H](Br)CCC21. The number of hydrogen-bond acceptors (Lipinski definition) is 3. The number of fused-ring (bicyclic) bond motifs is 2. The Balaban J connectivity index is 1.39. The zero-order valence-electron chi connectivity index (χ0n) is 13.8. The van der Waals surface area contributed by atoms with Gasteiger partial charge in [-0.1, -0.05) is 46.3 Å². The second-order valence-corrected chi connectivity index (χ2v) is 8.11. The highest BCUT2D eigenvalue weighted by molar-refractivity contribution is 9.09. The van der Waals surface area contributed by atoms with Gasteiger partial charge in [0.1, 0.15) is 6.17 Å². The number of rotatable bonds is 5. The molecule has 2 unspecified atom stereocenters. The Kier molecular flexibility index (Phi) is 4.93. The highest BCUT2D eigenvalue weighted by Gasteiger charge is 2.40. The molecular weight excluding hydrogens is 371 g/mol. The van der Waals surface area contributed by atoms with Crippen molar-refractivity contribution in [3.63, 3.8) is 0 Å². The summed E-state index contributed by atoms with van der Waals surface area (Å²) in [5.41, 5.74) is 4.12. The molecule has 2 heterocycles. The number of alkyl halides is 2. The Bertz CT molecular complexity index is 612. The Morgan fingerprint density at radius 2 is 2.25 bits per heavy atom. The third kappa shape index (κ3) is 3.26. The summed E-state index contributed by atoms with van der Waals surface area (Å²) in [5, 5.41) is 3.42. The largest absolute Gasteiger partial charge is 0.371 e. The Morgan fingerprint density at radius 1 is 1.33 bits per heavy atom. The molecule has 2 aliphatic heterocycles. The van der Waals surface area contributed by atoms with Gasteiger partial charge in [0, 0.05) is 23.6 Å². The molecule has 5 heteroatoms. The Hall–Kier alpha value is -0.910. The van der Waals surface area contributed by atoms with Gasteiger partial charge in [-0.15, -0.1) is 0 Å². The summed E-state index contributed by atoms with van der Waals surface area (Å²) < 4.78 is 20.3. The van der Waals surface area contributed by atoms with Crippen LogP contribution in [0.5, 0.6) is 0 Å². The van der Waals surface area contributed by atoms with Crippen LogP contribution in [0.4, 0.5) is 4.39 Å². The summed E-state index contributed by atoms with van der Waals surface area (Å²) in [5.74, 6) is 0. The van der Waals surface area contributed by atoms with Gasteiger partial charge in [0.2, 0.25) is 0 Å². The van der Waals surface area contributed by atoms with E-state index in [9.17, 15) is 4.39 Å². The number of hydrogen-bond donors (Lipinski definition) is 1. The van der Waals surface area contributed by atoms with Crippen LogP contribution in [-0.4, -0.2) is 54.3 Å². The molecule has 0 spiro atoms. The normalized spacial score (nSPS) is 32.8. The molecule has 4 atom stereocenters. The van der Waals surface area contributed by atoms with E-state index in [1.165, 1.54) is 16.8 Å². The molecule has 0 radical (unpaired) electrons. The van der Waals surface area contributed by atoms with Crippen molar-refractivity contribution >= 4 is 15.9 Å². The lowest BCUT2D eigenvalue weighted by Gasteiger charge is -2.34. The van der Waals surface area contributed by atoms with Crippen molar-refractivity contribution in [3.8, 4) is 0 Å². The predicted molar refractivity (Wildman–Crippen MR) is 98.0 cm³/mol. The van der Waals surface area contributed by atoms with Gasteiger partial charge in [-0.2, -0.15) is 0 Å². The highest BCUT2D eigenvalue weighted by Crippen LogP contribution is 2.41. The fourth-order valence-corrected chi connectivity index (χ4v) is 4.70. The maximum Gasteiger partial charge on any atom is 0.141 e. The maximum atomic E-state index is 14.6. The topological polar surface area (TPSA) is 24.5 Å². The summed E-state index contributed by atoms with van der Waals surface area (Å²) in [6.45, 7) is 2.38. The quantitative estimate of drug-likeness (QED) is 0.724. The van der Waals surface area contributed by atoms with Crippen LogP contribution < -0.4 is 5.32 Å². The molecule has 4 aliphatic rings. The summed E-state index contributed by atoms with van der Waals surface area (Å²) in [4.78, 5) is 2.75. The molecule has 130 valence electrons. The van der Waals surface area contributed by atoms with Crippen molar-refractivity contribution in [3.05, 3.63) is 47.2 Å². The van der Waals surface area contributed by atoms with Crippen LogP contribution in [0.3, 0.4) is 0 Å². The van der Waals surface area contributed by atoms with Crippen LogP contribution in [0.15, 0.2) is 47.2 Å². The van der Waals surface area contributed by atoms with Crippen molar-refractivity contribution < 1.29 is 9.13 Å². The molecule has 2 aliphatic carbocycles. The molecule has 1 N–H and O–H groups in total. The van der Waals surface area contributed by atoms with E-state index in [1.807, 2.05) is 18.2 Å². The van der Waals surface area contributed by atoms with E-state index in [1.54, 1.807) is 0 Å². The summed E-state index contributed by atoms with van der Waals surface area (Å²) in [7, 11) is 0. The van der Waals surface area contributed by atoms with E-state index < -0.39 is 6.17 Å². The lowest BCUT2D eigenvalue weighted by atomic mass is 9.91. The molecule has 24 heavy (non-hydrogen) atoms. The fourth-order valence-electron chi connectivity index (χ4n) is 4.15. The van der Waals surface area contributed by atoms with E-state index in [2.05, 4.69) is 38.3 Å². The van der Waals surface area contributed by atoms with Crippen LogP contribution in [0.1, 0.15) is 19.3 Å². The number of nitrogens with one attached hydrogen (secondary N) is 1. The van der Waals surface area contributed by atoms with Crippen molar-refractivity contribution in [2.75, 3.05) is 26.2 Å². The van der Waals surface area contributed by atoms with E-state index in [0.717, 1.165) is 32.4 Å². The second kappa shape index (κ2) is 7.14. The molecular formula is C19H24BrFN2O. The first-order valence-electron chi connectivity index (χ1n) is 8.87. The molecule has 0 aromatic carbocycles. The predicted octanol–water partition coefficient (Wildman–Crippen LogP) is 3.25. The fraction of sp³-hybridized carbons (Fsp3) is 0.579. The molecule has 0 bridgehead atoms. The van der Waals surface area contributed by atoms with Gasteiger partial charge in [-0.3, -0.25) is 0 Å². The molecule has 0 aromatic heterocycles. The monoisotopic (exact) mass is 394 g/mol. The minimum absolute atomic E-state index is 0.0223. The molecule has 0 amide bonds. The second-order valence-electron chi connectivity index (χ2n) is 6.93. The number of ether oxygens (including phenoxy) is 1. The van der Waals surface area contributed by atoms with Gasteiger partial charge in [0.05, 0.1) is 25.3 Å². The molecule has 0 saturated heterocycles. The zero-order valence-corrected chi connectivity index (χ0v) is 15.3. The average Bonchev–Trinajstić information content (AvgIpc) is 3.17. The van der Waals surface area contributed by atoms with Crippen molar-refractivity contribution in [1.82, 2.24) is 10.2 Å². The van der Waals surface area contributed by atoms with Gasteiger partial charge in [-0.05, 0) is 30.4 Å². The summed E-state index contributed by atoms with van der Waals surface area (Å²) >= 11 is 3.72. The lowest BCUT2D eigenvalue weighted by Crippen LogP contribution is -2.41. The third-order valence-corrected chi connectivity index (χ3v) is 6.00. The van der Waals surface area contributed by atoms with E-state index in [-0.39, 0.29) is 12.7 Å². The van der Waals surface area contributed by atoms with Crippen LogP contribution in [0.25, 0.3) is 0 Å². The summed E-state index contributed by atoms with van der Waals surface area (Å²) in [6, 6.07) is 0.363. The van der Waals surface area contributed by atoms with Crippen LogP contribution in [0, 0.1) is 0 Å². The Morgan fingerprint density at radius 3 is 3.08 bits per heavy atom. The minimum atomic E-state index is -0.959. The van der Waals surface area contributed by atoms with Crippen LogP contribution >= 0.6 is 15.9 Å². The van der Waals surface area contributed by atoms with Crippen molar-refractivity contribution in [2.24, 2.45) is 0 Å². The molecule has 0 fully saturated rings. The first-order valence-corrected chi connectivity index (χ1v) is 9.78. The van der Waals surface area contributed by atoms with Crippen molar-refractivity contribution in [1.29, 1.82) is 0 Å². The maximum absolute atomic E-state index is 14.6. The van der Waals surface area contributed by atoms with Gasteiger partial charge in [0.25, 0.3) is 0 Å². The first kappa shape index (κ1) is 16.6. The number of halogens is 2. The van der Waals surface area contributed by atoms with Gasteiger partial charge >= 0.3 is 0 Å². The minimum Gasteiger partial charge on any atom is -0.371 e.